The van der Waals surface area contributed by atoms with Gasteiger partial charge in [-0.3, -0.25) is 9.10 Å². The summed E-state index contributed by atoms with van der Waals surface area (Å²) < 4.78 is 25.1. The van der Waals surface area contributed by atoms with Gasteiger partial charge in [-0.15, -0.1) is 0 Å². The molecule has 1 aromatic rings. The minimum absolute atomic E-state index is 0.0991. The molecule has 2 aliphatic heterocycles. The van der Waals surface area contributed by atoms with Crippen LogP contribution in [0.25, 0.3) is 0 Å². The molecule has 1 atom stereocenters. The Balaban J connectivity index is 1.73. The highest BCUT2D eigenvalue weighted by molar-refractivity contribution is 7.92. The Kier molecular flexibility index (Phi) is 4.59. The van der Waals surface area contributed by atoms with Crippen molar-refractivity contribution < 1.29 is 13.2 Å². The van der Waals surface area contributed by atoms with E-state index in [2.05, 4.69) is 10.6 Å². The summed E-state index contributed by atoms with van der Waals surface area (Å²) >= 11 is 0. The highest BCUT2D eigenvalue weighted by Gasteiger charge is 2.24. The van der Waals surface area contributed by atoms with Crippen LogP contribution in [0.5, 0.6) is 0 Å². The van der Waals surface area contributed by atoms with E-state index in [1.165, 1.54) is 10.6 Å². The van der Waals surface area contributed by atoms with Crippen molar-refractivity contribution in [3.8, 4) is 0 Å². The average molecular weight is 337 g/mol. The topological polar surface area (TPSA) is 78.5 Å². The molecule has 6 nitrogen and oxygen atoms in total. The maximum absolute atomic E-state index is 12.3. The molecular formula is C16H23N3O3S. The fourth-order valence-corrected chi connectivity index (χ4v) is 4.29. The SMILES string of the molecule is CS(=O)(=O)N1CCCc2cc(C(=O)NCC3CCCN3)ccc21. The molecule has 2 aliphatic rings. The van der Waals surface area contributed by atoms with E-state index in [4.69, 9.17) is 0 Å². The van der Waals surface area contributed by atoms with Crippen LogP contribution in [0.2, 0.25) is 0 Å². The Morgan fingerprint density at radius 3 is 2.91 bits per heavy atom. The fourth-order valence-electron chi connectivity index (χ4n) is 3.30. The number of rotatable bonds is 4. The van der Waals surface area contributed by atoms with E-state index in [1.807, 2.05) is 6.07 Å². The summed E-state index contributed by atoms with van der Waals surface area (Å²) in [6.45, 7) is 2.15. The number of benzene rings is 1. The highest BCUT2D eigenvalue weighted by Crippen LogP contribution is 2.29. The van der Waals surface area contributed by atoms with E-state index in [-0.39, 0.29) is 5.91 Å². The molecule has 3 rings (SSSR count). The standard InChI is InChI=1S/C16H23N3O3S/c1-23(21,22)19-9-3-4-12-10-13(6-7-15(12)19)16(20)18-11-14-5-2-8-17-14/h6-7,10,14,17H,2-5,8-9,11H2,1H3,(H,18,20). The van der Waals surface area contributed by atoms with Crippen molar-refractivity contribution in [1.82, 2.24) is 10.6 Å². The number of carbonyl (C=O) groups is 1. The Hall–Kier alpha value is -1.60. The minimum atomic E-state index is -3.27. The smallest absolute Gasteiger partial charge is 0.251 e. The second-order valence-corrected chi connectivity index (χ2v) is 8.19. The van der Waals surface area contributed by atoms with Gasteiger partial charge in [0, 0.05) is 24.7 Å². The van der Waals surface area contributed by atoms with Crippen molar-refractivity contribution in [2.75, 3.05) is 30.2 Å². The number of fused-ring (bicyclic) bond motifs is 1. The zero-order chi connectivity index (χ0) is 16.4. The van der Waals surface area contributed by atoms with Crippen LogP contribution in [0.1, 0.15) is 35.2 Å². The summed E-state index contributed by atoms with van der Waals surface area (Å²) in [7, 11) is -3.27. The third-order valence-corrected chi connectivity index (χ3v) is 5.67. The lowest BCUT2D eigenvalue weighted by atomic mass is 10.0. The third kappa shape index (κ3) is 3.67. The van der Waals surface area contributed by atoms with Gasteiger partial charge < -0.3 is 10.6 Å². The van der Waals surface area contributed by atoms with Crippen LogP contribution in [0.3, 0.4) is 0 Å². The number of aryl methyl sites for hydroxylation is 1. The number of hydrogen-bond acceptors (Lipinski definition) is 4. The number of nitrogens with one attached hydrogen (secondary N) is 2. The predicted molar refractivity (Wildman–Crippen MR) is 90.3 cm³/mol. The van der Waals surface area contributed by atoms with Gasteiger partial charge in [-0.05, 0) is 56.0 Å². The molecule has 2 heterocycles. The van der Waals surface area contributed by atoms with Crippen LogP contribution in [0.15, 0.2) is 18.2 Å². The Labute approximate surface area is 137 Å². The van der Waals surface area contributed by atoms with Gasteiger partial charge in [-0.2, -0.15) is 0 Å². The van der Waals surface area contributed by atoms with E-state index in [0.717, 1.165) is 37.8 Å². The molecule has 2 N–H and O–H groups in total. The molecule has 1 fully saturated rings. The number of anilines is 1. The van der Waals surface area contributed by atoms with Crippen LogP contribution in [0.4, 0.5) is 5.69 Å². The van der Waals surface area contributed by atoms with Gasteiger partial charge in [0.1, 0.15) is 0 Å². The second-order valence-electron chi connectivity index (χ2n) is 6.29. The van der Waals surface area contributed by atoms with Crippen LogP contribution in [-0.4, -0.2) is 46.3 Å². The van der Waals surface area contributed by atoms with E-state index < -0.39 is 10.0 Å². The molecule has 1 saturated heterocycles. The summed E-state index contributed by atoms with van der Waals surface area (Å²) in [6.07, 6.45) is 5.04. The first-order valence-electron chi connectivity index (χ1n) is 8.07. The van der Waals surface area contributed by atoms with Gasteiger partial charge >= 0.3 is 0 Å². The Morgan fingerprint density at radius 2 is 2.22 bits per heavy atom. The fraction of sp³-hybridized carbons (Fsp3) is 0.562. The molecule has 126 valence electrons. The molecule has 0 spiro atoms. The molecule has 0 radical (unpaired) electrons. The molecule has 1 unspecified atom stereocenters. The quantitative estimate of drug-likeness (QED) is 0.855. The third-order valence-electron chi connectivity index (χ3n) is 4.49. The Bertz CT molecular complexity index is 697. The zero-order valence-corrected chi connectivity index (χ0v) is 14.2. The molecule has 0 saturated carbocycles. The van der Waals surface area contributed by atoms with Crippen molar-refractivity contribution >= 4 is 21.6 Å². The van der Waals surface area contributed by atoms with E-state index in [9.17, 15) is 13.2 Å². The Morgan fingerprint density at radius 1 is 1.39 bits per heavy atom. The summed E-state index contributed by atoms with van der Waals surface area (Å²) in [6, 6.07) is 5.64. The van der Waals surface area contributed by atoms with Crippen LogP contribution in [-0.2, 0) is 16.4 Å². The van der Waals surface area contributed by atoms with Crippen molar-refractivity contribution in [3.05, 3.63) is 29.3 Å². The summed E-state index contributed by atoms with van der Waals surface area (Å²) in [4.78, 5) is 12.3. The van der Waals surface area contributed by atoms with Crippen molar-refractivity contribution in [2.24, 2.45) is 0 Å². The molecular weight excluding hydrogens is 314 g/mol. The van der Waals surface area contributed by atoms with E-state index in [1.54, 1.807) is 12.1 Å². The van der Waals surface area contributed by atoms with Gasteiger partial charge in [-0.25, -0.2) is 8.42 Å². The molecule has 7 heteroatoms. The first-order chi connectivity index (χ1) is 10.9. The average Bonchev–Trinajstić information content (AvgIpc) is 3.04. The lowest BCUT2D eigenvalue weighted by Gasteiger charge is -2.29. The zero-order valence-electron chi connectivity index (χ0n) is 13.3. The lowest BCUT2D eigenvalue weighted by molar-refractivity contribution is 0.0950. The van der Waals surface area contributed by atoms with E-state index >= 15 is 0 Å². The number of sulfonamides is 1. The van der Waals surface area contributed by atoms with Gasteiger partial charge in [-0.1, -0.05) is 0 Å². The monoisotopic (exact) mass is 337 g/mol. The van der Waals surface area contributed by atoms with Crippen molar-refractivity contribution in [3.63, 3.8) is 0 Å². The van der Waals surface area contributed by atoms with E-state index in [0.29, 0.717) is 30.4 Å². The first-order valence-corrected chi connectivity index (χ1v) is 9.92. The van der Waals surface area contributed by atoms with Gasteiger partial charge in [0.25, 0.3) is 5.91 Å². The maximum atomic E-state index is 12.3. The van der Waals surface area contributed by atoms with Crippen LogP contribution < -0.4 is 14.9 Å². The summed E-state index contributed by atoms with van der Waals surface area (Å²) in [5, 5.41) is 6.30. The largest absolute Gasteiger partial charge is 0.350 e. The summed E-state index contributed by atoms with van der Waals surface area (Å²) in [5.41, 5.74) is 2.22. The number of hydrogen-bond donors (Lipinski definition) is 2. The molecule has 0 aliphatic carbocycles. The maximum Gasteiger partial charge on any atom is 0.251 e. The molecule has 0 aromatic heterocycles. The van der Waals surface area contributed by atoms with Crippen molar-refractivity contribution in [1.29, 1.82) is 0 Å². The second kappa shape index (κ2) is 6.49. The lowest BCUT2D eigenvalue weighted by Crippen LogP contribution is -2.37. The van der Waals surface area contributed by atoms with Gasteiger partial charge in [0.15, 0.2) is 0 Å². The number of amides is 1. The van der Waals surface area contributed by atoms with Crippen molar-refractivity contribution in [2.45, 2.75) is 31.7 Å². The van der Waals surface area contributed by atoms with Gasteiger partial charge in [0.2, 0.25) is 10.0 Å². The molecule has 23 heavy (non-hydrogen) atoms. The molecule has 1 aromatic carbocycles. The predicted octanol–water partition coefficient (Wildman–Crippen LogP) is 0.881. The molecule has 1 amide bonds. The highest BCUT2D eigenvalue weighted by atomic mass is 32.2. The minimum Gasteiger partial charge on any atom is -0.350 e. The molecule has 0 bridgehead atoms. The van der Waals surface area contributed by atoms with Crippen LogP contribution >= 0.6 is 0 Å². The number of carbonyl (C=O) groups excluding carboxylic acids is 1. The normalized spacial score (nSPS) is 21.1. The summed E-state index contributed by atoms with van der Waals surface area (Å²) in [5.74, 6) is -0.0991. The first kappa shape index (κ1) is 16.3. The number of nitrogens with zero attached hydrogens (tertiary/aromatic N) is 1. The van der Waals surface area contributed by atoms with Gasteiger partial charge in [0.05, 0.1) is 11.9 Å². The van der Waals surface area contributed by atoms with Crippen LogP contribution in [0, 0.1) is 0 Å².